The molecule has 0 unspecified atom stereocenters. The molecule has 168 valence electrons. The second-order valence-corrected chi connectivity index (χ2v) is 10.4. The van der Waals surface area contributed by atoms with Crippen molar-refractivity contribution in [1.82, 2.24) is 9.55 Å². The van der Waals surface area contributed by atoms with Gasteiger partial charge in [-0.2, -0.15) is 0 Å². The van der Waals surface area contributed by atoms with Gasteiger partial charge in [0.15, 0.2) is 5.16 Å². The Bertz CT molecular complexity index is 1450. The number of thiophene rings is 1. The van der Waals surface area contributed by atoms with Crippen molar-refractivity contribution in [2.75, 3.05) is 11.1 Å². The third-order valence-corrected chi connectivity index (χ3v) is 7.99. The van der Waals surface area contributed by atoms with Crippen LogP contribution in [0.3, 0.4) is 0 Å². The van der Waals surface area contributed by atoms with Crippen LogP contribution in [0.1, 0.15) is 16.9 Å². The number of aryl methyl sites for hydroxylation is 2. The maximum atomic E-state index is 13.6. The Labute approximate surface area is 206 Å². The van der Waals surface area contributed by atoms with Crippen LogP contribution in [0, 0.1) is 5.82 Å². The van der Waals surface area contributed by atoms with E-state index in [-0.39, 0.29) is 22.2 Å². The van der Waals surface area contributed by atoms with Crippen molar-refractivity contribution in [3.63, 3.8) is 0 Å². The molecule has 0 bridgehead atoms. The van der Waals surface area contributed by atoms with E-state index in [4.69, 9.17) is 28.2 Å². The molecule has 0 saturated carbocycles. The number of halogens is 3. The molecule has 1 N–H and O–H groups in total. The van der Waals surface area contributed by atoms with Crippen molar-refractivity contribution in [3.05, 3.63) is 79.1 Å². The van der Waals surface area contributed by atoms with E-state index in [0.717, 1.165) is 36.6 Å². The van der Waals surface area contributed by atoms with Crippen molar-refractivity contribution in [2.24, 2.45) is 0 Å². The summed E-state index contributed by atoms with van der Waals surface area (Å²) in [7, 11) is 0. The lowest BCUT2D eigenvalue weighted by Gasteiger charge is -2.13. The van der Waals surface area contributed by atoms with Crippen molar-refractivity contribution < 1.29 is 9.18 Å². The topological polar surface area (TPSA) is 64.0 Å². The molecule has 0 spiro atoms. The van der Waals surface area contributed by atoms with E-state index in [0.29, 0.717) is 31.8 Å². The lowest BCUT2D eigenvalue weighted by atomic mass is 10.2. The zero-order valence-electron chi connectivity index (χ0n) is 17.0. The molecule has 5 nitrogen and oxygen atoms in total. The van der Waals surface area contributed by atoms with Gasteiger partial charge < -0.3 is 5.32 Å². The van der Waals surface area contributed by atoms with Gasteiger partial charge in [-0.1, -0.05) is 35.0 Å². The number of nitrogens with zero attached hydrogens (tertiary/aromatic N) is 2. The second kappa shape index (κ2) is 9.10. The lowest BCUT2D eigenvalue weighted by Crippen LogP contribution is -2.23. The van der Waals surface area contributed by atoms with Crippen LogP contribution in [0.25, 0.3) is 15.9 Å². The summed E-state index contributed by atoms with van der Waals surface area (Å²) in [5, 5.41) is 4.26. The number of hydrogen-bond acceptors (Lipinski definition) is 5. The minimum Gasteiger partial charge on any atom is -0.325 e. The number of carbonyl (C=O) groups excluding carboxylic acids is 1. The molecule has 10 heteroatoms. The fraction of sp³-hybridized carbons (Fsp3) is 0.174. The molecule has 0 fully saturated rings. The molecule has 2 aromatic carbocycles. The maximum absolute atomic E-state index is 13.6. The summed E-state index contributed by atoms with van der Waals surface area (Å²) in [4.78, 5) is 32.8. The molecular formula is C23H16Cl2FN3O2S2. The number of carbonyl (C=O) groups is 1. The first-order valence-corrected chi connectivity index (χ1v) is 12.7. The Hall–Kier alpha value is -2.39. The van der Waals surface area contributed by atoms with Gasteiger partial charge in [-0.3, -0.25) is 14.2 Å². The number of hydrogen-bond donors (Lipinski definition) is 1. The third-order valence-electron chi connectivity index (χ3n) is 5.33. The van der Waals surface area contributed by atoms with Crippen molar-refractivity contribution in [1.29, 1.82) is 0 Å². The van der Waals surface area contributed by atoms with Gasteiger partial charge in [0.05, 0.1) is 21.8 Å². The summed E-state index contributed by atoms with van der Waals surface area (Å²) in [5.74, 6) is -0.879. The smallest absolute Gasteiger partial charge is 0.267 e. The zero-order chi connectivity index (χ0) is 23.1. The first kappa shape index (κ1) is 22.4. The highest BCUT2D eigenvalue weighted by Crippen LogP contribution is 2.36. The maximum Gasteiger partial charge on any atom is 0.267 e. The molecular weight excluding hydrogens is 504 g/mol. The fourth-order valence-electron chi connectivity index (χ4n) is 3.84. The average molecular weight is 520 g/mol. The minimum atomic E-state index is -0.559. The van der Waals surface area contributed by atoms with Gasteiger partial charge in [0.2, 0.25) is 5.91 Å². The first-order chi connectivity index (χ1) is 15.9. The van der Waals surface area contributed by atoms with Gasteiger partial charge in [-0.25, -0.2) is 9.37 Å². The SMILES string of the molecule is O=C(CSc1nc2sc3c(c2c(=O)n1-c1ccc(Cl)cc1)CCC3)Nc1ccc(F)c(Cl)c1. The standard InChI is InChI=1S/C23H16Cl2FN3O2S2/c24-12-4-7-14(8-5-12)29-22(31)20-15-2-1-3-18(15)33-21(20)28-23(29)32-11-19(30)27-13-6-9-17(26)16(25)10-13/h4-10H,1-3,11H2,(H,27,30). The predicted octanol–water partition coefficient (Wildman–Crippen LogP) is 6.11. The molecule has 1 amide bonds. The molecule has 0 radical (unpaired) electrons. The van der Waals surface area contributed by atoms with Crippen molar-refractivity contribution >= 4 is 68.1 Å². The number of nitrogens with one attached hydrogen (secondary N) is 1. The Balaban J connectivity index is 1.49. The van der Waals surface area contributed by atoms with Gasteiger partial charge >= 0.3 is 0 Å². The van der Waals surface area contributed by atoms with Crippen LogP contribution in [0.15, 0.2) is 52.4 Å². The molecule has 1 aliphatic rings. The molecule has 0 atom stereocenters. The molecule has 2 aromatic heterocycles. The number of thioether (sulfide) groups is 1. The summed E-state index contributed by atoms with van der Waals surface area (Å²) in [6.07, 6.45) is 2.88. The van der Waals surface area contributed by atoms with Crippen LogP contribution in [-0.4, -0.2) is 21.2 Å². The van der Waals surface area contributed by atoms with Crippen LogP contribution in [-0.2, 0) is 17.6 Å². The van der Waals surface area contributed by atoms with Gasteiger partial charge in [0.1, 0.15) is 10.6 Å². The van der Waals surface area contributed by atoms with E-state index in [1.807, 2.05) is 0 Å². The van der Waals surface area contributed by atoms with Crippen LogP contribution in [0.2, 0.25) is 10.0 Å². The van der Waals surface area contributed by atoms with E-state index >= 15 is 0 Å². The summed E-state index contributed by atoms with van der Waals surface area (Å²) in [5.41, 5.74) is 1.97. The fourth-order valence-corrected chi connectivity index (χ4v) is 6.26. The summed E-state index contributed by atoms with van der Waals surface area (Å²) >= 11 is 14.5. The first-order valence-electron chi connectivity index (χ1n) is 10.1. The summed E-state index contributed by atoms with van der Waals surface area (Å²) < 4.78 is 14.9. The predicted molar refractivity (Wildman–Crippen MR) is 133 cm³/mol. The minimum absolute atomic E-state index is 0.00558. The Morgan fingerprint density at radius 3 is 2.73 bits per heavy atom. The van der Waals surface area contributed by atoms with Gasteiger partial charge in [0.25, 0.3) is 5.56 Å². The highest BCUT2D eigenvalue weighted by molar-refractivity contribution is 7.99. The normalized spacial score (nSPS) is 12.8. The lowest BCUT2D eigenvalue weighted by molar-refractivity contribution is -0.113. The van der Waals surface area contributed by atoms with E-state index in [2.05, 4.69) is 5.32 Å². The second-order valence-electron chi connectivity index (χ2n) is 7.51. The van der Waals surface area contributed by atoms with Gasteiger partial charge in [0, 0.05) is 15.6 Å². The van der Waals surface area contributed by atoms with Crippen molar-refractivity contribution in [3.8, 4) is 5.69 Å². The molecule has 0 aliphatic heterocycles. The van der Waals surface area contributed by atoms with E-state index in [1.165, 1.54) is 27.6 Å². The summed E-state index contributed by atoms with van der Waals surface area (Å²) in [6, 6.07) is 10.9. The Morgan fingerprint density at radius 2 is 1.97 bits per heavy atom. The zero-order valence-corrected chi connectivity index (χ0v) is 20.2. The largest absolute Gasteiger partial charge is 0.325 e. The molecule has 2 heterocycles. The van der Waals surface area contributed by atoms with Crippen molar-refractivity contribution in [2.45, 2.75) is 24.4 Å². The van der Waals surface area contributed by atoms with Gasteiger partial charge in [-0.05, 0) is 67.3 Å². The Kier molecular flexibility index (Phi) is 6.18. The highest BCUT2D eigenvalue weighted by atomic mass is 35.5. The van der Waals surface area contributed by atoms with Crippen LogP contribution >= 0.6 is 46.3 Å². The summed E-state index contributed by atoms with van der Waals surface area (Å²) in [6.45, 7) is 0. The number of amides is 1. The van der Waals surface area contributed by atoms with Crippen LogP contribution < -0.4 is 10.9 Å². The number of aromatic nitrogens is 2. The molecule has 5 rings (SSSR count). The van der Waals surface area contributed by atoms with E-state index in [9.17, 15) is 14.0 Å². The van der Waals surface area contributed by atoms with E-state index in [1.54, 1.807) is 35.6 Å². The molecule has 1 aliphatic carbocycles. The number of fused-ring (bicyclic) bond motifs is 3. The molecule has 0 saturated heterocycles. The highest BCUT2D eigenvalue weighted by Gasteiger charge is 2.24. The van der Waals surface area contributed by atoms with Crippen LogP contribution in [0.5, 0.6) is 0 Å². The molecule has 4 aromatic rings. The van der Waals surface area contributed by atoms with Crippen LogP contribution in [0.4, 0.5) is 10.1 Å². The van der Waals surface area contributed by atoms with Gasteiger partial charge in [-0.15, -0.1) is 11.3 Å². The number of anilines is 1. The molecule has 33 heavy (non-hydrogen) atoms. The monoisotopic (exact) mass is 519 g/mol. The third kappa shape index (κ3) is 4.40. The number of benzene rings is 2. The number of rotatable bonds is 5. The van der Waals surface area contributed by atoms with E-state index < -0.39 is 5.82 Å². The average Bonchev–Trinajstić information content (AvgIpc) is 3.37. The quantitative estimate of drug-likeness (QED) is 0.255. The Morgan fingerprint density at radius 1 is 1.18 bits per heavy atom.